The summed E-state index contributed by atoms with van der Waals surface area (Å²) in [7, 11) is -3.32. The van der Waals surface area contributed by atoms with Crippen LogP contribution in [0.3, 0.4) is 0 Å². The maximum absolute atomic E-state index is 11.5. The lowest BCUT2D eigenvalue weighted by molar-refractivity contribution is -0.128. The van der Waals surface area contributed by atoms with Gasteiger partial charge in [-0.3, -0.25) is 4.79 Å². The van der Waals surface area contributed by atoms with E-state index in [1.54, 1.807) is 18.2 Å². The zero-order valence-electron chi connectivity index (χ0n) is 7.42. The monoisotopic (exact) mass is 214 g/mol. The molecule has 0 aliphatic heterocycles. The fourth-order valence-corrected chi connectivity index (χ4v) is 2.07. The number of sulfone groups is 1. The first-order valence-electron chi connectivity index (χ1n) is 4.00. The molecular weight excluding hydrogens is 204 g/mol. The molecule has 0 unspecified atom stereocenters. The smallest absolute Gasteiger partial charge is 0.293 e. The molecule has 0 atom stereocenters. The van der Waals surface area contributed by atoms with E-state index < -0.39 is 9.84 Å². The molecular formula is C9H10O4S. The predicted molar refractivity (Wildman–Crippen MR) is 50.5 cm³/mol. The second-order valence-electron chi connectivity index (χ2n) is 2.60. The molecule has 1 aromatic carbocycles. The first-order valence-corrected chi connectivity index (χ1v) is 5.65. The van der Waals surface area contributed by atoms with Crippen LogP contribution in [0.2, 0.25) is 0 Å². The second kappa shape index (κ2) is 4.76. The molecule has 1 aromatic rings. The summed E-state index contributed by atoms with van der Waals surface area (Å²) >= 11 is 0. The fourth-order valence-electron chi connectivity index (χ4n) is 0.952. The Hall–Kier alpha value is -1.36. The van der Waals surface area contributed by atoms with E-state index in [0.717, 1.165) is 0 Å². The Morgan fingerprint density at radius 3 is 2.43 bits per heavy atom. The second-order valence-corrected chi connectivity index (χ2v) is 4.71. The van der Waals surface area contributed by atoms with Crippen molar-refractivity contribution in [2.24, 2.45) is 0 Å². The summed E-state index contributed by atoms with van der Waals surface area (Å²) in [6.45, 7) is 0.126. The maximum atomic E-state index is 11.5. The van der Waals surface area contributed by atoms with Crippen molar-refractivity contribution in [3.63, 3.8) is 0 Å². The van der Waals surface area contributed by atoms with Crippen LogP contribution < -0.4 is 0 Å². The van der Waals surface area contributed by atoms with Crippen LogP contribution >= 0.6 is 0 Å². The van der Waals surface area contributed by atoms with Crippen molar-refractivity contribution >= 4 is 16.3 Å². The fraction of sp³-hybridized carbons (Fsp3) is 0.222. The van der Waals surface area contributed by atoms with Gasteiger partial charge in [0, 0.05) is 0 Å². The van der Waals surface area contributed by atoms with Gasteiger partial charge in [0.1, 0.15) is 6.61 Å². The zero-order valence-corrected chi connectivity index (χ0v) is 8.24. The van der Waals surface area contributed by atoms with E-state index in [9.17, 15) is 13.2 Å². The van der Waals surface area contributed by atoms with Crippen LogP contribution in [0.4, 0.5) is 0 Å². The summed E-state index contributed by atoms with van der Waals surface area (Å²) in [5.41, 5.74) is 0. The van der Waals surface area contributed by atoms with Gasteiger partial charge in [0.2, 0.25) is 0 Å². The highest BCUT2D eigenvalue weighted by molar-refractivity contribution is 7.91. The van der Waals surface area contributed by atoms with Gasteiger partial charge >= 0.3 is 0 Å². The standard InChI is InChI=1S/C9H10O4S/c10-8-13-6-7-14(11,12)9-4-2-1-3-5-9/h1-5,8H,6-7H2. The molecule has 0 fully saturated rings. The van der Waals surface area contributed by atoms with Crippen LogP contribution in [-0.4, -0.2) is 27.2 Å². The molecule has 0 aliphatic rings. The number of hydrogen-bond acceptors (Lipinski definition) is 4. The minimum atomic E-state index is -3.32. The molecule has 0 bridgehead atoms. The van der Waals surface area contributed by atoms with Gasteiger partial charge in [0.15, 0.2) is 9.84 Å². The van der Waals surface area contributed by atoms with Crippen molar-refractivity contribution in [3.05, 3.63) is 30.3 Å². The van der Waals surface area contributed by atoms with Gasteiger partial charge in [-0.1, -0.05) is 18.2 Å². The molecule has 0 aliphatic carbocycles. The van der Waals surface area contributed by atoms with Gasteiger partial charge in [-0.2, -0.15) is 0 Å². The summed E-state index contributed by atoms with van der Waals surface area (Å²) in [5.74, 6) is -0.185. The first kappa shape index (κ1) is 10.7. The van der Waals surface area contributed by atoms with Crippen LogP contribution in [0.5, 0.6) is 0 Å². The average molecular weight is 214 g/mol. The summed E-state index contributed by atoms with van der Waals surface area (Å²) in [5, 5.41) is 0. The lowest BCUT2D eigenvalue weighted by Crippen LogP contribution is -2.11. The molecule has 5 heteroatoms. The van der Waals surface area contributed by atoms with E-state index in [4.69, 9.17) is 0 Å². The summed E-state index contributed by atoms with van der Waals surface area (Å²) in [6, 6.07) is 8.05. The Morgan fingerprint density at radius 2 is 1.86 bits per heavy atom. The maximum Gasteiger partial charge on any atom is 0.293 e. The summed E-state index contributed by atoms with van der Waals surface area (Å²) in [6.07, 6.45) is 0. The Labute approximate surface area is 82.4 Å². The minimum absolute atomic E-state index is 0.110. The third-order valence-electron chi connectivity index (χ3n) is 1.64. The summed E-state index contributed by atoms with van der Waals surface area (Å²) in [4.78, 5) is 10.1. The molecule has 0 saturated carbocycles. The lowest BCUT2D eigenvalue weighted by atomic mass is 10.4. The van der Waals surface area contributed by atoms with Crippen molar-refractivity contribution in [2.75, 3.05) is 12.4 Å². The van der Waals surface area contributed by atoms with E-state index in [1.165, 1.54) is 12.1 Å². The number of rotatable bonds is 5. The molecule has 0 heterocycles. The summed E-state index contributed by atoms with van der Waals surface area (Å²) < 4.78 is 27.4. The van der Waals surface area contributed by atoms with Gasteiger partial charge in [0.25, 0.3) is 6.47 Å². The number of carbonyl (C=O) groups is 1. The predicted octanol–water partition coefficient (Wildman–Crippen LogP) is 0.633. The molecule has 0 saturated heterocycles. The molecule has 4 nitrogen and oxygen atoms in total. The molecule has 0 aromatic heterocycles. The van der Waals surface area contributed by atoms with Crippen LogP contribution in [0.25, 0.3) is 0 Å². The molecule has 1 rings (SSSR count). The number of carbonyl (C=O) groups excluding carboxylic acids is 1. The molecule has 0 spiro atoms. The van der Waals surface area contributed by atoms with Gasteiger partial charge in [-0.05, 0) is 12.1 Å². The highest BCUT2D eigenvalue weighted by Gasteiger charge is 2.13. The first-order chi connectivity index (χ1) is 6.67. The molecule has 0 radical (unpaired) electrons. The quantitative estimate of drug-likeness (QED) is 0.533. The normalized spacial score (nSPS) is 10.9. The molecule has 0 amide bonds. The average Bonchev–Trinajstić information content (AvgIpc) is 2.19. The topological polar surface area (TPSA) is 60.4 Å². The molecule has 76 valence electrons. The van der Waals surface area contributed by atoms with E-state index in [0.29, 0.717) is 0 Å². The van der Waals surface area contributed by atoms with Gasteiger partial charge in [0.05, 0.1) is 10.6 Å². The van der Waals surface area contributed by atoms with Crippen molar-refractivity contribution in [1.82, 2.24) is 0 Å². The SMILES string of the molecule is O=COCCS(=O)(=O)c1ccccc1. The van der Waals surface area contributed by atoms with Crippen molar-refractivity contribution < 1.29 is 17.9 Å². The Bertz CT molecular complexity index is 383. The largest absolute Gasteiger partial charge is 0.467 e. The Kier molecular flexibility index (Phi) is 3.64. The van der Waals surface area contributed by atoms with Crippen LogP contribution in [0.15, 0.2) is 35.2 Å². The van der Waals surface area contributed by atoms with Crippen molar-refractivity contribution in [2.45, 2.75) is 4.90 Å². The highest BCUT2D eigenvalue weighted by atomic mass is 32.2. The van der Waals surface area contributed by atoms with Gasteiger partial charge in [-0.15, -0.1) is 0 Å². The van der Waals surface area contributed by atoms with Crippen molar-refractivity contribution in [1.29, 1.82) is 0 Å². The van der Waals surface area contributed by atoms with E-state index in [-0.39, 0.29) is 23.7 Å². The number of ether oxygens (including phenoxy) is 1. The molecule has 0 N–H and O–H groups in total. The zero-order chi connectivity index (χ0) is 10.4. The third-order valence-corrected chi connectivity index (χ3v) is 3.33. The Balaban J connectivity index is 2.72. The Morgan fingerprint density at radius 1 is 1.21 bits per heavy atom. The highest BCUT2D eigenvalue weighted by Crippen LogP contribution is 2.09. The molecule has 14 heavy (non-hydrogen) atoms. The van der Waals surface area contributed by atoms with Crippen LogP contribution in [0, 0.1) is 0 Å². The van der Waals surface area contributed by atoms with Gasteiger partial charge < -0.3 is 4.74 Å². The lowest BCUT2D eigenvalue weighted by Gasteiger charge is -2.02. The van der Waals surface area contributed by atoms with E-state index in [1.807, 2.05) is 0 Å². The van der Waals surface area contributed by atoms with Crippen LogP contribution in [-0.2, 0) is 19.4 Å². The van der Waals surface area contributed by atoms with E-state index in [2.05, 4.69) is 4.74 Å². The van der Waals surface area contributed by atoms with Crippen molar-refractivity contribution in [3.8, 4) is 0 Å². The van der Waals surface area contributed by atoms with Gasteiger partial charge in [-0.25, -0.2) is 8.42 Å². The number of benzene rings is 1. The third kappa shape index (κ3) is 2.85. The minimum Gasteiger partial charge on any atom is -0.467 e. The van der Waals surface area contributed by atoms with Crippen LogP contribution in [0.1, 0.15) is 0 Å². The van der Waals surface area contributed by atoms with E-state index >= 15 is 0 Å². The number of hydrogen-bond donors (Lipinski definition) is 0.